The van der Waals surface area contributed by atoms with Crippen LogP contribution in [0.3, 0.4) is 0 Å². The Morgan fingerprint density at radius 2 is 0.855 bits per heavy atom. The van der Waals surface area contributed by atoms with Gasteiger partial charge in [-0.1, -0.05) is 152 Å². The third-order valence-corrected chi connectivity index (χ3v) is 10.9. The van der Waals surface area contributed by atoms with E-state index < -0.39 is 0 Å². The standard InChI is InChI=1S/C52H33NO2/c1-3-12-34(13-4-1)36-22-26-39(27-23-36)53(40-28-24-37(25-29-40)35-14-5-2-6-15-35)45-31-30-43(42-20-11-17-38-16-7-8-18-41(38)42)50-51-48(55-52(45)50)33-32-47-49(51)44-19-9-10-21-46(44)54-47/h1-33H. The van der Waals surface area contributed by atoms with E-state index in [0.717, 1.165) is 83.2 Å². The molecule has 0 N–H and O–H groups in total. The zero-order valence-electron chi connectivity index (χ0n) is 29.8. The van der Waals surface area contributed by atoms with Gasteiger partial charge in [0.1, 0.15) is 16.7 Å². The summed E-state index contributed by atoms with van der Waals surface area (Å²) in [5.41, 5.74) is 13.3. The van der Waals surface area contributed by atoms with Crippen LogP contribution in [0, 0.1) is 0 Å². The second-order valence-corrected chi connectivity index (χ2v) is 14.0. The van der Waals surface area contributed by atoms with Crippen LogP contribution in [0.1, 0.15) is 0 Å². The topological polar surface area (TPSA) is 29.5 Å². The minimum Gasteiger partial charge on any atom is -0.456 e. The van der Waals surface area contributed by atoms with Gasteiger partial charge in [0.15, 0.2) is 5.58 Å². The Labute approximate surface area is 317 Å². The van der Waals surface area contributed by atoms with Crippen LogP contribution in [0.5, 0.6) is 0 Å². The zero-order valence-corrected chi connectivity index (χ0v) is 29.8. The fourth-order valence-corrected chi connectivity index (χ4v) is 8.32. The molecule has 2 heterocycles. The van der Waals surface area contributed by atoms with E-state index in [0.29, 0.717) is 0 Å². The normalized spacial score (nSPS) is 11.6. The maximum absolute atomic E-state index is 7.11. The lowest BCUT2D eigenvalue weighted by Gasteiger charge is -2.26. The third kappa shape index (κ3) is 5.13. The molecule has 0 radical (unpaired) electrons. The van der Waals surface area contributed by atoms with Gasteiger partial charge in [-0.25, -0.2) is 0 Å². The van der Waals surface area contributed by atoms with Gasteiger partial charge < -0.3 is 13.7 Å². The number of rotatable bonds is 6. The second-order valence-electron chi connectivity index (χ2n) is 14.0. The molecule has 3 heteroatoms. The average molecular weight is 704 g/mol. The fraction of sp³-hybridized carbons (Fsp3) is 0. The molecule has 2 aromatic heterocycles. The van der Waals surface area contributed by atoms with Crippen LogP contribution >= 0.6 is 0 Å². The summed E-state index contributed by atoms with van der Waals surface area (Å²) in [5.74, 6) is 0. The van der Waals surface area contributed by atoms with Crippen molar-refractivity contribution in [3.63, 3.8) is 0 Å². The van der Waals surface area contributed by atoms with Gasteiger partial charge in [-0.05, 0) is 92.7 Å². The van der Waals surface area contributed by atoms with Crippen molar-refractivity contribution < 1.29 is 8.83 Å². The van der Waals surface area contributed by atoms with E-state index in [1.165, 1.54) is 21.9 Å². The number of hydrogen-bond donors (Lipinski definition) is 0. The molecule has 11 rings (SSSR count). The number of para-hydroxylation sites is 1. The molecule has 0 aliphatic rings. The molecular formula is C52H33NO2. The molecule has 11 aromatic rings. The Bertz CT molecular complexity index is 3090. The van der Waals surface area contributed by atoms with Crippen molar-refractivity contribution >= 4 is 71.7 Å². The number of hydrogen-bond acceptors (Lipinski definition) is 3. The summed E-state index contributed by atoms with van der Waals surface area (Å²) in [4.78, 5) is 2.33. The first-order valence-corrected chi connectivity index (χ1v) is 18.7. The van der Waals surface area contributed by atoms with Gasteiger partial charge in [0.25, 0.3) is 0 Å². The van der Waals surface area contributed by atoms with Crippen molar-refractivity contribution in [3.8, 4) is 33.4 Å². The van der Waals surface area contributed by atoms with Crippen LogP contribution in [0.4, 0.5) is 17.1 Å². The SMILES string of the molecule is c1ccc(-c2ccc(N(c3ccc(-c4ccccc4)cc3)c3ccc(-c4cccc5ccccc45)c4c3oc3ccc5oc6ccccc6c5c34)cc2)cc1. The molecule has 3 nitrogen and oxygen atoms in total. The van der Waals surface area contributed by atoms with Gasteiger partial charge in [0.05, 0.1) is 5.69 Å². The van der Waals surface area contributed by atoms with E-state index in [-0.39, 0.29) is 0 Å². The van der Waals surface area contributed by atoms with Crippen LogP contribution in [0.15, 0.2) is 209 Å². The highest BCUT2D eigenvalue weighted by Gasteiger charge is 2.25. The molecule has 0 amide bonds. The Morgan fingerprint density at radius 1 is 0.309 bits per heavy atom. The predicted octanol–water partition coefficient (Wildman–Crippen LogP) is 15.1. The highest BCUT2D eigenvalue weighted by molar-refractivity contribution is 6.30. The molecule has 0 spiro atoms. The number of furan rings is 2. The number of nitrogens with zero attached hydrogens (tertiary/aromatic N) is 1. The quantitative estimate of drug-likeness (QED) is 0.173. The second kappa shape index (κ2) is 12.6. The molecule has 0 aliphatic carbocycles. The molecule has 0 atom stereocenters. The Balaban J connectivity index is 1.21. The third-order valence-electron chi connectivity index (χ3n) is 10.9. The van der Waals surface area contributed by atoms with E-state index >= 15 is 0 Å². The van der Waals surface area contributed by atoms with Gasteiger partial charge in [0, 0.05) is 32.9 Å². The van der Waals surface area contributed by atoms with Crippen LogP contribution in [0.25, 0.3) is 88.0 Å². The van der Waals surface area contributed by atoms with Crippen molar-refractivity contribution in [3.05, 3.63) is 200 Å². The molecular weight excluding hydrogens is 671 g/mol. The first kappa shape index (κ1) is 31.2. The van der Waals surface area contributed by atoms with Crippen LogP contribution in [0.2, 0.25) is 0 Å². The summed E-state index contributed by atoms with van der Waals surface area (Å²) in [6, 6.07) is 70.8. The first-order chi connectivity index (χ1) is 27.3. The maximum Gasteiger partial charge on any atom is 0.160 e. The molecule has 258 valence electrons. The van der Waals surface area contributed by atoms with Crippen LogP contribution in [-0.4, -0.2) is 0 Å². The monoisotopic (exact) mass is 703 g/mol. The smallest absolute Gasteiger partial charge is 0.160 e. The van der Waals surface area contributed by atoms with Crippen molar-refractivity contribution in [1.82, 2.24) is 0 Å². The molecule has 0 bridgehead atoms. The molecule has 0 unspecified atom stereocenters. The van der Waals surface area contributed by atoms with Crippen molar-refractivity contribution in [1.29, 1.82) is 0 Å². The van der Waals surface area contributed by atoms with Crippen LogP contribution in [-0.2, 0) is 0 Å². The van der Waals surface area contributed by atoms with Gasteiger partial charge in [-0.3, -0.25) is 0 Å². The average Bonchev–Trinajstić information content (AvgIpc) is 3.84. The minimum absolute atomic E-state index is 0.817. The van der Waals surface area contributed by atoms with Crippen LogP contribution < -0.4 is 4.90 Å². The molecule has 0 aliphatic heterocycles. The van der Waals surface area contributed by atoms with Crippen molar-refractivity contribution in [2.75, 3.05) is 4.90 Å². The van der Waals surface area contributed by atoms with Gasteiger partial charge in [-0.2, -0.15) is 0 Å². The lowest BCUT2D eigenvalue weighted by molar-refractivity contribution is 0.663. The van der Waals surface area contributed by atoms with E-state index in [2.05, 4.69) is 187 Å². The Kier molecular flexibility index (Phi) is 7.17. The van der Waals surface area contributed by atoms with Gasteiger partial charge in [-0.15, -0.1) is 0 Å². The Hall–Kier alpha value is -7.36. The number of benzene rings is 9. The van der Waals surface area contributed by atoms with Crippen molar-refractivity contribution in [2.45, 2.75) is 0 Å². The Morgan fingerprint density at radius 3 is 1.53 bits per heavy atom. The minimum atomic E-state index is 0.817. The summed E-state index contributed by atoms with van der Waals surface area (Å²) < 4.78 is 13.6. The fourth-order valence-electron chi connectivity index (χ4n) is 8.32. The van der Waals surface area contributed by atoms with E-state index in [4.69, 9.17) is 8.83 Å². The van der Waals surface area contributed by atoms with E-state index in [1.54, 1.807) is 0 Å². The molecule has 0 fully saturated rings. The van der Waals surface area contributed by atoms with Gasteiger partial charge in [0.2, 0.25) is 0 Å². The predicted molar refractivity (Wildman–Crippen MR) is 229 cm³/mol. The van der Waals surface area contributed by atoms with Gasteiger partial charge >= 0.3 is 0 Å². The summed E-state index contributed by atoms with van der Waals surface area (Å²) in [5, 5.41) is 6.65. The summed E-state index contributed by atoms with van der Waals surface area (Å²) in [7, 11) is 0. The van der Waals surface area contributed by atoms with E-state index in [1.807, 2.05) is 18.2 Å². The highest BCUT2D eigenvalue weighted by Crippen LogP contribution is 2.49. The summed E-state index contributed by atoms with van der Waals surface area (Å²) in [6.45, 7) is 0. The molecule has 55 heavy (non-hydrogen) atoms. The zero-order chi connectivity index (χ0) is 36.3. The number of fused-ring (bicyclic) bond motifs is 8. The molecule has 0 saturated carbocycles. The number of anilines is 3. The van der Waals surface area contributed by atoms with Crippen molar-refractivity contribution in [2.24, 2.45) is 0 Å². The molecule has 9 aromatic carbocycles. The lowest BCUT2D eigenvalue weighted by Crippen LogP contribution is -2.10. The largest absolute Gasteiger partial charge is 0.456 e. The first-order valence-electron chi connectivity index (χ1n) is 18.7. The summed E-state index contributed by atoms with van der Waals surface area (Å²) >= 11 is 0. The van der Waals surface area contributed by atoms with E-state index in [9.17, 15) is 0 Å². The summed E-state index contributed by atoms with van der Waals surface area (Å²) in [6.07, 6.45) is 0. The maximum atomic E-state index is 7.11. The highest BCUT2D eigenvalue weighted by atomic mass is 16.3. The lowest BCUT2D eigenvalue weighted by atomic mass is 9.93. The molecule has 0 saturated heterocycles.